The third-order valence-electron chi connectivity index (χ3n) is 2.08. The van der Waals surface area contributed by atoms with Crippen molar-refractivity contribution in [1.29, 1.82) is 0 Å². The van der Waals surface area contributed by atoms with Crippen LogP contribution in [0.3, 0.4) is 0 Å². The average molecular weight is 266 g/mol. The number of carbonyl (C=O) groups is 2. The molecule has 1 amide bonds. The van der Waals surface area contributed by atoms with E-state index in [4.69, 9.17) is 4.74 Å². The van der Waals surface area contributed by atoms with Crippen molar-refractivity contribution in [3.8, 4) is 11.5 Å². The van der Waals surface area contributed by atoms with Gasteiger partial charge in [0.25, 0.3) is 0 Å². The van der Waals surface area contributed by atoms with Gasteiger partial charge in [-0.25, -0.2) is 10.2 Å². The maximum absolute atomic E-state index is 11.1. The van der Waals surface area contributed by atoms with Gasteiger partial charge in [-0.15, -0.1) is 0 Å². The predicted molar refractivity (Wildman–Crippen MR) is 67.0 cm³/mol. The number of hydrogen-bond donors (Lipinski definition) is 2. The summed E-state index contributed by atoms with van der Waals surface area (Å²) in [5, 5.41) is 13.3. The van der Waals surface area contributed by atoms with E-state index in [1.54, 1.807) is 25.1 Å². The van der Waals surface area contributed by atoms with Crippen molar-refractivity contribution in [2.75, 3.05) is 13.7 Å². The van der Waals surface area contributed by atoms with E-state index in [0.29, 0.717) is 5.56 Å². The van der Waals surface area contributed by atoms with E-state index >= 15 is 0 Å². The Kier molecular flexibility index (Phi) is 5.34. The van der Waals surface area contributed by atoms with Crippen molar-refractivity contribution in [3.05, 3.63) is 23.8 Å². The van der Waals surface area contributed by atoms with Gasteiger partial charge in [0, 0.05) is 5.56 Å². The highest BCUT2D eigenvalue weighted by Gasteiger charge is 2.13. The van der Waals surface area contributed by atoms with Crippen molar-refractivity contribution < 1.29 is 24.2 Å². The summed E-state index contributed by atoms with van der Waals surface area (Å²) in [5.74, 6) is -1.84. The number of carbonyl (C=O) groups excluding carboxylic acids is 2. The van der Waals surface area contributed by atoms with Gasteiger partial charge in [0.2, 0.25) is 0 Å². The van der Waals surface area contributed by atoms with Crippen LogP contribution >= 0.6 is 0 Å². The van der Waals surface area contributed by atoms with Crippen molar-refractivity contribution in [2.45, 2.75) is 6.92 Å². The summed E-state index contributed by atoms with van der Waals surface area (Å²) >= 11 is 0. The Morgan fingerprint density at radius 3 is 2.84 bits per heavy atom. The standard InChI is InChI=1S/C12H14N2O5/c1-3-19-12(17)11(16)14-13-7-8-5-4-6-9(18-2)10(8)15/h4-7,15H,3H2,1-2H3,(H,14,16)/b13-7+. The molecular formula is C12H14N2O5. The van der Waals surface area contributed by atoms with Gasteiger partial charge in [-0.3, -0.25) is 4.79 Å². The molecule has 7 nitrogen and oxygen atoms in total. The molecule has 0 atom stereocenters. The molecule has 0 bridgehead atoms. The first kappa shape index (κ1) is 14.5. The highest BCUT2D eigenvalue weighted by Crippen LogP contribution is 2.27. The van der Waals surface area contributed by atoms with Crippen LogP contribution in [0.15, 0.2) is 23.3 Å². The Labute approximate surface area is 109 Å². The number of benzene rings is 1. The van der Waals surface area contributed by atoms with E-state index < -0.39 is 11.9 Å². The number of phenolic OH excluding ortho intramolecular Hbond substituents is 1. The van der Waals surface area contributed by atoms with Gasteiger partial charge in [-0.2, -0.15) is 5.10 Å². The Morgan fingerprint density at radius 1 is 1.47 bits per heavy atom. The molecule has 0 spiro atoms. The van der Waals surface area contributed by atoms with Gasteiger partial charge in [-0.1, -0.05) is 6.07 Å². The second-order valence-corrected chi connectivity index (χ2v) is 3.32. The molecule has 0 radical (unpaired) electrons. The highest BCUT2D eigenvalue weighted by atomic mass is 16.5. The zero-order valence-corrected chi connectivity index (χ0v) is 10.5. The molecule has 1 aromatic rings. The fourth-order valence-electron chi connectivity index (χ4n) is 1.21. The van der Waals surface area contributed by atoms with Crippen LogP contribution in [0, 0.1) is 0 Å². The lowest BCUT2D eigenvalue weighted by molar-refractivity contribution is -0.154. The molecule has 0 aliphatic heterocycles. The first-order valence-electron chi connectivity index (χ1n) is 5.46. The van der Waals surface area contributed by atoms with Crippen molar-refractivity contribution in [3.63, 3.8) is 0 Å². The van der Waals surface area contributed by atoms with Gasteiger partial charge < -0.3 is 14.6 Å². The molecule has 0 saturated carbocycles. The molecule has 0 fully saturated rings. The van der Waals surface area contributed by atoms with Crippen LogP contribution in [0.2, 0.25) is 0 Å². The third kappa shape index (κ3) is 3.98. The van der Waals surface area contributed by atoms with Gasteiger partial charge in [-0.05, 0) is 19.1 Å². The van der Waals surface area contributed by atoms with Gasteiger partial charge in [0.1, 0.15) is 0 Å². The summed E-state index contributed by atoms with van der Waals surface area (Å²) in [6.07, 6.45) is 1.19. The molecule has 102 valence electrons. The number of nitrogens with one attached hydrogen (secondary N) is 1. The Bertz CT molecular complexity index is 499. The molecule has 0 aliphatic carbocycles. The number of hydrazone groups is 1. The summed E-state index contributed by atoms with van der Waals surface area (Å²) in [5.41, 5.74) is 2.32. The van der Waals surface area contributed by atoms with Crippen LogP contribution in [-0.4, -0.2) is 36.9 Å². The van der Waals surface area contributed by atoms with Crippen molar-refractivity contribution in [1.82, 2.24) is 5.43 Å². The molecular weight excluding hydrogens is 252 g/mol. The number of amides is 1. The number of esters is 1. The first-order chi connectivity index (χ1) is 9.10. The van der Waals surface area contributed by atoms with Crippen LogP contribution in [0.25, 0.3) is 0 Å². The van der Waals surface area contributed by atoms with Crippen LogP contribution in [0.1, 0.15) is 12.5 Å². The quantitative estimate of drug-likeness (QED) is 0.356. The summed E-state index contributed by atoms with van der Waals surface area (Å²) in [4.78, 5) is 22.1. The lowest BCUT2D eigenvalue weighted by Gasteiger charge is -2.04. The largest absolute Gasteiger partial charge is 0.504 e. The smallest absolute Gasteiger partial charge is 0.398 e. The summed E-state index contributed by atoms with van der Waals surface area (Å²) < 4.78 is 9.38. The van der Waals surface area contributed by atoms with E-state index in [-0.39, 0.29) is 18.1 Å². The SMILES string of the molecule is CCOC(=O)C(=O)N/N=C/c1cccc(OC)c1O. The summed E-state index contributed by atoms with van der Waals surface area (Å²) in [6, 6.07) is 4.79. The maximum atomic E-state index is 11.1. The monoisotopic (exact) mass is 266 g/mol. The fourth-order valence-corrected chi connectivity index (χ4v) is 1.21. The number of methoxy groups -OCH3 is 1. The molecule has 1 aromatic carbocycles. The second kappa shape index (κ2) is 7.00. The Morgan fingerprint density at radius 2 is 2.21 bits per heavy atom. The second-order valence-electron chi connectivity index (χ2n) is 3.32. The number of rotatable bonds is 4. The zero-order valence-electron chi connectivity index (χ0n) is 10.5. The maximum Gasteiger partial charge on any atom is 0.398 e. The summed E-state index contributed by atoms with van der Waals surface area (Å²) in [7, 11) is 1.42. The van der Waals surface area contributed by atoms with Gasteiger partial charge in [0.05, 0.1) is 19.9 Å². The topological polar surface area (TPSA) is 97.2 Å². The molecule has 0 saturated heterocycles. The van der Waals surface area contributed by atoms with E-state index in [1.165, 1.54) is 13.3 Å². The van der Waals surface area contributed by atoms with Crippen LogP contribution in [-0.2, 0) is 14.3 Å². The normalized spacial score (nSPS) is 10.2. The Hall–Kier alpha value is -2.57. The molecule has 1 rings (SSSR count). The minimum atomic E-state index is -1.02. The summed E-state index contributed by atoms with van der Waals surface area (Å²) in [6.45, 7) is 1.69. The Balaban J connectivity index is 2.68. The number of aromatic hydroxyl groups is 1. The molecule has 0 heterocycles. The first-order valence-corrected chi connectivity index (χ1v) is 5.46. The number of nitrogens with zero attached hydrogens (tertiary/aromatic N) is 1. The molecule has 0 unspecified atom stereocenters. The number of hydrogen-bond acceptors (Lipinski definition) is 6. The minimum Gasteiger partial charge on any atom is -0.504 e. The molecule has 19 heavy (non-hydrogen) atoms. The minimum absolute atomic E-state index is 0.104. The van der Waals surface area contributed by atoms with E-state index in [2.05, 4.69) is 9.84 Å². The highest BCUT2D eigenvalue weighted by molar-refractivity contribution is 6.32. The van der Waals surface area contributed by atoms with Crippen LogP contribution in [0.4, 0.5) is 0 Å². The van der Waals surface area contributed by atoms with E-state index in [1.807, 2.05) is 5.43 Å². The number of ether oxygens (including phenoxy) is 2. The molecule has 0 aromatic heterocycles. The zero-order chi connectivity index (χ0) is 14.3. The number of phenols is 1. The predicted octanol–water partition coefficient (Wildman–Crippen LogP) is 0.414. The molecule has 0 aliphatic rings. The molecule has 7 heteroatoms. The molecule has 2 N–H and O–H groups in total. The third-order valence-corrected chi connectivity index (χ3v) is 2.08. The average Bonchev–Trinajstić information content (AvgIpc) is 2.40. The van der Waals surface area contributed by atoms with Crippen molar-refractivity contribution >= 4 is 18.1 Å². The van der Waals surface area contributed by atoms with Gasteiger partial charge >= 0.3 is 11.9 Å². The van der Waals surface area contributed by atoms with Crippen molar-refractivity contribution in [2.24, 2.45) is 5.10 Å². The fraction of sp³-hybridized carbons (Fsp3) is 0.250. The van der Waals surface area contributed by atoms with E-state index in [0.717, 1.165) is 0 Å². The van der Waals surface area contributed by atoms with Crippen LogP contribution < -0.4 is 10.2 Å². The lowest BCUT2D eigenvalue weighted by Crippen LogP contribution is -2.28. The van der Waals surface area contributed by atoms with E-state index in [9.17, 15) is 14.7 Å². The number of para-hydroxylation sites is 1. The van der Waals surface area contributed by atoms with Gasteiger partial charge in [0.15, 0.2) is 11.5 Å². The van der Waals surface area contributed by atoms with Crippen LogP contribution in [0.5, 0.6) is 11.5 Å². The lowest BCUT2D eigenvalue weighted by atomic mass is 10.2.